The number of Topliss-reactive ketones (excluding diaryl/α,β-unsaturated/α-hetero) is 1. The number of halogens is 1. The van der Waals surface area contributed by atoms with Gasteiger partial charge in [-0.15, -0.1) is 10.2 Å². The average molecular weight is 356 g/mol. The van der Waals surface area contributed by atoms with Crippen LogP contribution < -0.4 is 0 Å². The second-order valence-corrected chi connectivity index (χ2v) is 6.85. The van der Waals surface area contributed by atoms with Gasteiger partial charge < -0.3 is 4.42 Å². The molecule has 0 amide bonds. The van der Waals surface area contributed by atoms with E-state index in [9.17, 15) is 9.18 Å². The number of rotatable bonds is 6. The van der Waals surface area contributed by atoms with Gasteiger partial charge in [0, 0.05) is 11.1 Å². The topological polar surface area (TPSA) is 56.0 Å². The summed E-state index contributed by atoms with van der Waals surface area (Å²) >= 11 is 1.21. The highest BCUT2D eigenvalue weighted by atomic mass is 32.2. The molecule has 3 aromatic rings. The molecule has 128 valence electrons. The van der Waals surface area contributed by atoms with E-state index in [1.807, 2.05) is 31.2 Å². The zero-order valence-corrected chi connectivity index (χ0v) is 14.7. The molecule has 0 aliphatic heterocycles. The number of hydrogen-bond donors (Lipinski definition) is 0. The second-order valence-electron chi connectivity index (χ2n) is 5.55. The van der Waals surface area contributed by atoms with Crippen molar-refractivity contribution in [3.63, 3.8) is 0 Å². The van der Waals surface area contributed by atoms with Crippen LogP contribution in [0.25, 0.3) is 11.5 Å². The number of hydrogen-bond acceptors (Lipinski definition) is 5. The van der Waals surface area contributed by atoms with E-state index < -0.39 is 0 Å². The fourth-order valence-electron chi connectivity index (χ4n) is 2.31. The highest BCUT2D eigenvalue weighted by Gasteiger charge is 2.20. The Labute approximate surface area is 149 Å². The Balaban J connectivity index is 1.69. The quantitative estimate of drug-likeness (QED) is 0.469. The minimum absolute atomic E-state index is 0.00850. The van der Waals surface area contributed by atoms with E-state index in [2.05, 4.69) is 17.1 Å². The van der Waals surface area contributed by atoms with Crippen LogP contribution in [-0.2, 0) is 6.42 Å². The molecule has 0 spiro atoms. The minimum atomic E-state index is -0.353. The molecule has 4 nitrogen and oxygen atoms in total. The first kappa shape index (κ1) is 17.4. The maximum Gasteiger partial charge on any atom is 0.277 e. The molecular weight excluding hydrogens is 339 g/mol. The zero-order chi connectivity index (χ0) is 17.8. The van der Waals surface area contributed by atoms with Crippen LogP contribution >= 0.6 is 11.8 Å². The smallest absolute Gasteiger partial charge is 0.277 e. The summed E-state index contributed by atoms with van der Waals surface area (Å²) in [7, 11) is 0. The molecule has 0 saturated carbocycles. The van der Waals surface area contributed by atoms with E-state index in [0.29, 0.717) is 22.2 Å². The van der Waals surface area contributed by atoms with Crippen LogP contribution in [0.4, 0.5) is 4.39 Å². The summed E-state index contributed by atoms with van der Waals surface area (Å²) in [6, 6.07) is 13.4. The molecule has 0 radical (unpaired) electrons. The van der Waals surface area contributed by atoms with Crippen molar-refractivity contribution in [2.75, 3.05) is 0 Å². The van der Waals surface area contributed by atoms with Gasteiger partial charge in [0.05, 0.1) is 5.25 Å². The molecule has 0 unspecified atom stereocenters. The Kier molecular flexibility index (Phi) is 5.28. The largest absolute Gasteiger partial charge is 0.411 e. The van der Waals surface area contributed by atoms with Gasteiger partial charge >= 0.3 is 0 Å². The van der Waals surface area contributed by atoms with Gasteiger partial charge in [0.1, 0.15) is 5.82 Å². The lowest BCUT2D eigenvalue weighted by Gasteiger charge is -2.08. The van der Waals surface area contributed by atoms with Crippen LogP contribution in [0.15, 0.2) is 58.2 Å². The van der Waals surface area contributed by atoms with E-state index >= 15 is 0 Å². The monoisotopic (exact) mass is 356 g/mol. The van der Waals surface area contributed by atoms with Crippen molar-refractivity contribution in [2.24, 2.45) is 0 Å². The molecule has 0 N–H and O–H groups in total. The number of aryl methyl sites for hydroxylation is 1. The van der Waals surface area contributed by atoms with Crippen molar-refractivity contribution >= 4 is 17.5 Å². The van der Waals surface area contributed by atoms with Crippen LogP contribution in [0, 0.1) is 5.82 Å². The van der Waals surface area contributed by atoms with Crippen molar-refractivity contribution in [2.45, 2.75) is 30.7 Å². The van der Waals surface area contributed by atoms with Crippen LogP contribution in [-0.4, -0.2) is 21.2 Å². The molecule has 3 rings (SSSR count). The minimum Gasteiger partial charge on any atom is -0.411 e. The Morgan fingerprint density at radius 1 is 1.12 bits per heavy atom. The summed E-state index contributed by atoms with van der Waals surface area (Å²) in [5.41, 5.74) is 2.49. The average Bonchev–Trinajstić information content (AvgIpc) is 3.10. The lowest BCUT2D eigenvalue weighted by molar-refractivity contribution is 0.0993. The number of carbonyl (C=O) groups is 1. The van der Waals surface area contributed by atoms with Gasteiger partial charge in [0.25, 0.3) is 5.22 Å². The summed E-state index contributed by atoms with van der Waals surface area (Å²) in [5, 5.41) is 7.87. The van der Waals surface area contributed by atoms with Crippen LogP contribution in [0.1, 0.15) is 29.8 Å². The summed E-state index contributed by atoms with van der Waals surface area (Å²) in [6.45, 7) is 3.88. The third-order valence-corrected chi connectivity index (χ3v) is 4.73. The molecule has 0 fully saturated rings. The van der Waals surface area contributed by atoms with E-state index in [1.54, 1.807) is 12.1 Å². The van der Waals surface area contributed by atoms with Gasteiger partial charge in [-0.25, -0.2) is 4.39 Å². The Morgan fingerprint density at radius 2 is 1.80 bits per heavy atom. The molecule has 0 saturated heterocycles. The predicted octanol–water partition coefficient (Wildman–Crippen LogP) is 4.80. The molecule has 0 aliphatic rings. The summed E-state index contributed by atoms with van der Waals surface area (Å²) in [5.74, 6) is -0.0187. The molecule has 2 aromatic carbocycles. The van der Waals surface area contributed by atoms with Gasteiger partial charge in [-0.3, -0.25) is 4.79 Å². The number of thioether (sulfide) groups is 1. The number of nitrogens with zero attached hydrogens (tertiary/aromatic N) is 2. The Hall–Kier alpha value is -2.47. The van der Waals surface area contributed by atoms with Crippen molar-refractivity contribution in [1.82, 2.24) is 10.2 Å². The van der Waals surface area contributed by atoms with Gasteiger partial charge in [-0.1, -0.05) is 43.0 Å². The van der Waals surface area contributed by atoms with Gasteiger partial charge in [0.2, 0.25) is 5.89 Å². The maximum atomic E-state index is 13.0. The first-order valence-corrected chi connectivity index (χ1v) is 8.84. The number of carbonyl (C=O) groups excluding carboxylic acids is 1. The highest BCUT2D eigenvalue weighted by molar-refractivity contribution is 8.00. The third-order valence-electron chi connectivity index (χ3n) is 3.79. The highest BCUT2D eigenvalue weighted by Crippen LogP contribution is 2.28. The SMILES string of the molecule is CCc1ccc(C(=O)[C@@H](C)Sc2nnc(-c3ccc(F)cc3)o2)cc1. The summed E-state index contributed by atoms with van der Waals surface area (Å²) in [6.07, 6.45) is 0.937. The van der Waals surface area contributed by atoms with E-state index in [4.69, 9.17) is 4.42 Å². The molecule has 25 heavy (non-hydrogen) atoms. The Bertz CT molecular complexity index is 860. The zero-order valence-electron chi connectivity index (χ0n) is 13.9. The number of aromatic nitrogens is 2. The van der Waals surface area contributed by atoms with Crippen molar-refractivity contribution in [3.05, 3.63) is 65.5 Å². The molecule has 0 aliphatic carbocycles. The van der Waals surface area contributed by atoms with Gasteiger partial charge in [-0.2, -0.15) is 0 Å². The first-order chi connectivity index (χ1) is 12.1. The van der Waals surface area contributed by atoms with E-state index in [-0.39, 0.29) is 16.9 Å². The number of benzene rings is 2. The fraction of sp³-hybridized carbons (Fsp3) is 0.211. The van der Waals surface area contributed by atoms with Gasteiger partial charge in [-0.05, 0) is 43.2 Å². The van der Waals surface area contributed by atoms with Gasteiger partial charge in [0.15, 0.2) is 5.78 Å². The van der Waals surface area contributed by atoms with Crippen LogP contribution in [0.5, 0.6) is 0 Å². The molecule has 1 atom stereocenters. The predicted molar refractivity (Wildman–Crippen MR) is 95.2 cm³/mol. The molecule has 1 heterocycles. The van der Waals surface area contributed by atoms with Crippen LogP contribution in [0.2, 0.25) is 0 Å². The maximum absolute atomic E-state index is 13.0. The molecular formula is C19H17FN2O2S. The summed E-state index contributed by atoms with van der Waals surface area (Å²) < 4.78 is 18.5. The molecule has 1 aromatic heterocycles. The lowest BCUT2D eigenvalue weighted by Crippen LogP contribution is -2.13. The number of ketones is 1. The van der Waals surface area contributed by atoms with Crippen LogP contribution in [0.3, 0.4) is 0 Å². The van der Waals surface area contributed by atoms with Crippen molar-refractivity contribution < 1.29 is 13.6 Å². The summed E-state index contributed by atoms with van der Waals surface area (Å²) in [4.78, 5) is 12.5. The molecule has 0 bridgehead atoms. The third kappa shape index (κ3) is 4.14. The lowest BCUT2D eigenvalue weighted by atomic mass is 10.1. The van der Waals surface area contributed by atoms with Crippen molar-refractivity contribution in [1.29, 1.82) is 0 Å². The van der Waals surface area contributed by atoms with Crippen molar-refractivity contribution in [3.8, 4) is 11.5 Å². The first-order valence-electron chi connectivity index (χ1n) is 7.96. The van der Waals surface area contributed by atoms with E-state index in [0.717, 1.165) is 6.42 Å². The standard InChI is InChI=1S/C19H17FN2O2S/c1-3-13-4-6-14(7-5-13)17(23)12(2)25-19-22-21-18(24-19)15-8-10-16(20)11-9-15/h4-12H,3H2,1-2H3/t12-/m1/s1. The Morgan fingerprint density at radius 3 is 2.44 bits per heavy atom. The molecule has 6 heteroatoms. The van der Waals surface area contributed by atoms with E-state index in [1.165, 1.54) is 29.5 Å². The fourth-order valence-corrected chi connectivity index (χ4v) is 3.07. The normalized spacial score (nSPS) is 12.1. The second kappa shape index (κ2) is 7.61.